The predicted octanol–water partition coefficient (Wildman–Crippen LogP) is 1.62. The molecule has 2 N–H and O–H groups in total. The van der Waals surface area contributed by atoms with E-state index in [1.54, 1.807) is 25.9 Å². The molecule has 0 bridgehead atoms. The molecule has 20 heavy (non-hydrogen) atoms. The van der Waals surface area contributed by atoms with Gasteiger partial charge < -0.3 is 15.2 Å². The van der Waals surface area contributed by atoms with Crippen LogP contribution in [0.2, 0.25) is 0 Å². The van der Waals surface area contributed by atoms with Gasteiger partial charge in [0.25, 0.3) is 5.91 Å². The Bertz CT molecular complexity index is 600. The van der Waals surface area contributed by atoms with E-state index in [4.69, 9.17) is 0 Å². The molecule has 0 aliphatic rings. The van der Waals surface area contributed by atoms with Crippen molar-refractivity contribution in [2.75, 3.05) is 20.6 Å². The first-order chi connectivity index (χ1) is 9.52. The fraction of sp³-hybridized carbons (Fsp3) is 0.333. The number of aromatic amines is 1. The molecule has 0 fully saturated rings. The average molecular weight is 273 g/mol. The van der Waals surface area contributed by atoms with Gasteiger partial charge in [0.15, 0.2) is 0 Å². The van der Waals surface area contributed by atoms with Gasteiger partial charge in [-0.1, -0.05) is 25.1 Å². The topological polar surface area (TPSA) is 65.2 Å². The summed E-state index contributed by atoms with van der Waals surface area (Å²) in [4.78, 5) is 28.5. The molecule has 0 saturated carbocycles. The molecule has 1 heterocycles. The van der Waals surface area contributed by atoms with Gasteiger partial charge in [0.2, 0.25) is 5.91 Å². The molecule has 5 heteroatoms. The molecule has 1 aromatic heterocycles. The Hall–Kier alpha value is -2.30. The molecule has 1 atom stereocenters. The molecule has 2 rings (SSSR count). The van der Waals surface area contributed by atoms with Crippen LogP contribution in [0.1, 0.15) is 17.4 Å². The minimum absolute atomic E-state index is 0.0682. The second kappa shape index (κ2) is 5.77. The number of nitrogens with one attached hydrogen (secondary N) is 2. The number of H-pyrrole nitrogens is 1. The van der Waals surface area contributed by atoms with Crippen LogP contribution in [0.3, 0.4) is 0 Å². The Balaban J connectivity index is 2.12. The minimum atomic E-state index is -0.238. The highest BCUT2D eigenvalue weighted by Crippen LogP contribution is 2.16. The van der Waals surface area contributed by atoms with E-state index in [2.05, 4.69) is 10.3 Å². The van der Waals surface area contributed by atoms with Crippen molar-refractivity contribution in [1.29, 1.82) is 0 Å². The number of para-hydroxylation sites is 1. The Morgan fingerprint density at radius 2 is 2.05 bits per heavy atom. The van der Waals surface area contributed by atoms with Gasteiger partial charge in [-0.3, -0.25) is 9.59 Å². The van der Waals surface area contributed by atoms with E-state index in [0.29, 0.717) is 12.2 Å². The zero-order valence-electron chi connectivity index (χ0n) is 11.9. The summed E-state index contributed by atoms with van der Waals surface area (Å²) in [7, 11) is 3.30. The number of carbonyl (C=O) groups is 2. The second-order valence-corrected chi connectivity index (χ2v) is 4.97. The quantitative estimate of drug-likeness (QED) is 0.889. The zero-order valence-corrected chi connectivity index (χ0v) is 11.9. The number of carbonyl (C=O) groups excluding carboxylic acids is 2. The molecular formula is C15H19N3O2. The van der Waals surface area contributed by atoms with Crippen LogP contribution in [0, 0.1) is 5.92 Å². The Kier molecular flexibility index (Phi) is 4.08. The highest BCUT2D eigenvalue weighted by atomic mass is 16.2. The first kappa shape index (κ1) is 14.1. The molecule has 106 valence electrons. The van der Waals surface area contributed by atoms with Gasteiger partial charge in [0.1, 0.15) is 5.69 Å². The third kappa shape index (κ3) is 2.82. The van der Waals surface area contributed by atoms with Gasteiger partial charge in [0.05, 0.1) is 5.92 Å². The summed E-state index contributed by atoms with van der Waals surface area (Å²) >= 11 is 0. The number of benzene rings is 1. The van der Waals surface area contributed by atoms with Crippen molar-refractivity contribution in [2.24, 2.45) is 5.92 Å². The second-order valence-electron chi connectivity index (χ2n) is 4.97. The van der Waals surface area contributed by atoms with E-state index in [0.717, 1.165) is 10.9 Å². The van der Waals surface area contributed by atoms with Gasteiger partial charge in [-0.2, -0.15) is 0 Å². The number of amides is 2. The summed E-state index contributed by atoms with van der Waals surface area (Å²) in [5, 5.41) is 3.59. The summed E-state index contributed by atoms with van der Waals surface area (Å²) in [5.41, 5.74) is 1.47. The average Bonchev–Trinajstić information content (AvgIpc) is 2.89. The minimum Gasteiger partial charge on any atom is -0.359 e. The number of aromatic nitrogens is 1. The number of nitrogens with zero attached hydrogens (tertiary/aromatic N) is 1. The molecule has 0 spiro atoms. The number of fused-ring (bicyclic) bond motifs is 1. The van der Waals surface area contributed by atoms with E-state index in [1.807, 2.05) is 30.3 Å². The van der Waals surface area contributed by atoms with Crippen molar-refractivity contribution in [3.05, 3.63) is 36.0 Å². The lowest BCUT2D eigenvalue weighted by molar-refractivity contribution is -0.124. The number of hydrogen-bond acceptors (Lipinski definition) is 2. The fourth-order valence-corrected chi connectivity index (χ4v) is 2.22. The molecule has 0 radical (unpaired) electrons. The van der Waals surface area contributed by atoms with Crippen molar-refractivity contribution in [3.8, 4) is 0 Å². The van der Waals surface area contributed by atoms with E-state index in [1.165, 1.54) is 0 Å². The summed E-state index contributed by atoms with van der Waals surface area (Å²) in [6.45, 7) is 2.18. The molecule has 1 unspecified atom stereocenters. The Morgan fingerprint density at radius 3 is 2.70 bits per heavy atom. The molecule has 1 aromatic carbocycles. The lowest BCUT2D eigenvalue weighted by Crippen LogP contribution is -2.37. The van der Waals surface area contributed by atoms with Crippen LogP contribution in [0.25, 0.3) is 10.9 Å². The van der Waals surface area contributed by atoms with Gasteiger partial charge in [-0.25, -0.2) is 0 Å². The lowest BCUT2D eigenvalue weighted by atomic mass is 10.1. The first-order valence-corrected chi connectivity index (χ1v) is 6.57. The molecule has 5 nitrogen and oxygen atoms in total. The third-order valence-corrected chi connectivity index (χ3v) is 3.35. The molecular weight excluding hydrogens is 254 g/mol. The van der Waals surface area contributed by atoms with E-state index >= 15 is 0 Å². The largest absolute Gasteiger partial charge is 0.359 e. The summed E-state index contributed by atoms with van der Waals surface area (Å²) in [5.74, 6) is -0.420. The molecule has 0 aliphatic heterocycles. The summed E-state index contributed by atoms with van der Waals surface area (Å²) in [6, 6.07) is 9.57. The van der Waals surface area contributed by atoms with Crippen LogP contribution in [0.15, 0.2) is 30.3 Å². The smallest absolute Gasteiger partial charge is 0.270 e. The van der Waals surface area contributed by atoms with Gasteiger partial charge in [0, 0.05) is 31.5 Å². The monoisotopic (exact) mass is 273 g/mol. The molecule has 2 amide bonds. The highest BCUT2D eigenvalue weighted by Gasteiger charge is 2.19. The van der Waals surface area contributed by atoms with Crippen LogP contribution in [0.4, 0.5) is 0 Å². The van der Waals surface area contributed by atoms with Crippen molar-refractivity contribution < 1.29 is 9.59 Å². The van der Waals surface area contributed by atoms with Crippen LogP contribution < -0.4 is 5.32 Å². The SMILES string of the molecule is CNC(=O)C(C)CN(C)C(=O)c1cc2ccccc2[nH]1. The lowest BCUT2D eigenvalue weighted by Gasteiger charge is -2.20. The van der Waals surface area contributed by atoms with Gasteiger partial charge >= 0.3 is 0 Å². The maximum atomic E-state index is 12.3. The van der Waals surface area contributed by atoms with E-state index < -0.39 is 0 Å². The summed E-state index contributed by atoms with van der Waals surface area (Å²) in [6.07, 6.45) is 0. The molecule has 2 aromatic rings. The van der Waals surface area contributed by atoms with Crippen molar-refractivity contribution >= 4 is 22.7 Å². The van der Waals surface area contributed by atoms with Crippen LogP contribution >= 0.6 is 0 Å². The number of rotatable bonds is 4. The van der Waals surface area contributed by atoms with Crippen molar-refractivity contribution in [2.45, 2.75) is 6.92 Å². The van der Waals surface area contributed by atoms with E-state index in [9.17, 15) is 9.59 Å². The fourth-order valence-electron chi connectivity index (χ4n) is 2.22. The maximum absolute atomic E-state index is 12.3. The van der Waals surface area contributed by atoms with Crippen molar-refractivity contribution in [1.82, 2.24) is 15.2 Å². The Morgan fingerprint density at radius 1 is 1.35 bits per heavy atom. The molecule has 0 aliphatic carbocycles. The number of hydrogen-bond donors (Lipinski definition) is 2. The van der Waals surface area contributed by atoms with E-state index in [-0.39, 0.29) is 17.7 Å². The van der Waals surface area contributed by atoms with Gasteiger partial charge in [-0.15, -0.1) is 0 Å². The van der Waals surface area contributed by atoms with Crippen LogP contribution in [-0.4, -0.2) is 42.3 Å². The maximum Gasteiger partial charge on any atom is 0.270 e. The van der Waals surface area contributed by atoms with Crippen LogP contribution in [0.5, 0.6) is 0 Å². The standard InChI is InChI=1S/C15H19N3O2/c1-10(14(19)16-2)9-18(3)15(20)13-8-11-6-4-5-7-12(11)17-13/h4-8,10,17H,9H2,1-3H3,(H,16,19). The predicted molar refractivity (Wildman–Crippen MR) is 78.5 cm³/mol. The normalized spacial score (nSPS) is 12.2. The Labute approximate surface area is 118 Å². The van der Waals surface area contributed by atoms with Crippen LogP contribution in [-0.2, 0) is 4.79 Å². The molecule has 0 saturated heterocycles. The third-order valence-electron chi connectivity index (χ3n) is 3.35. The van der Waals surface area contributed by atoms with Gasteiger partial charge in [-0.05, 0) is 12.1 Å². The zero-order chi connectivity index (χ0) is 14.7. The van der Waals surface area contributed by atoms with Crippen molar-refractivity contribution in [3.63, 3.8) is 0 Å². The first-order valence-electron chi connectivity index (χ1n) is 6.57. The highest BCUT2D eigenvalue weighted by molar-refractivity contribution is 5.98. The summed E-state index contributed by atoms with van der Waals surface area (Å²) < 4.78 is 0.